The second kappa shape index (κ2) is 9.06. The van der Waals surface area contributed by atoms with E-state index in [1.54, 1.807) is 23.1 Å². The standard InChI is InChI=1S/C26H24F3N5O2/c1-14-23-20(13-36-14)19-9-15(5-8-21(19)33-24(23)31)25(35)34(22-4-2-3-16(22)10-30)12-18-7-6-17(11-32-18)26(27,28)29/h5-9,11,14,16,22H,2-4,12-13H2,1H3,(H2,31,33)/t14-,16-,22+/m1/s1. The molecule has 2 N–H and O–H groups in total. The molecule has 186 valence electrons. The molecule has 3 aromatic rings. The summed E-state index contributed by atoms with van der Waals surface area (Å²) in [5, 5.41) is 10.4. The molecule has 2 aliphatic rings. The number of halogens is 3. The molecule has 7 nitrogen and oxygen atoms in total. The van der Waals surface area contributed by atoms with Crippen LogP contribution in [-0.2, 0) is 24.1 Å². The van der Waals surface area contributed by atoms with E-state index in [0.717, 1.165) is 35.2 Å². The van der Waals surface area contributed by atoms with Crippen molar-refractivity contribution in [1.82, 2.24) is 14.9 Å². The van der Waals surface area contributed by atoms with E-state index in [2.05, 4.69) is 16.0 Å². The normalized spacial score (nSPS) is 21.4. The Morgan fingerprint density at radius 3 is 2.78 bits per heavy atom. The Hall–Kier alpha value is -3.71. The first kappa shape index (κ1) is 24.0. The lowest BCUT2D eigenvalue weighted by Gasteiger charge is -2.31. The van der Waals surface area contributed by atoms with Crippen LogP contribution in [0.4, 0.5) is 19.0 Å². The number of benzene rings is 1. The maximum absolute atomic E-state index is 13.8. The van der Waals surface area contributed by atoms with Gasteiger partial charge < -0.3 is 15.4 Å². The summed E-state index contributed by atoms with van der Waals surface area (Å²) < 4.78 is 44.7. The van der Waals surface area contributed by atoms with Crippen molar-refractivity contribution in [3.63, 3.8) is 0 Å². The summed E-state index contributed by atoms with van der Waals surface area (Å²) in [5.74, 6) is -0.272. The Morgan fingerprint density at radius 2 is 2.08 bits per heavy atom. The molecule has 3 atom stereocenters. The van der Waals surface area contributed by atoms with Gasteiger partial charge in [-0.1, -0.05) is 0 Å². The third-order valence-electron chi connectivity index (χ3n) is 7.09. The van der Waals surface area contributed by atoms with Gasteiger partial charge in [-0.25, -0.2) is 4.98 Å². The number of alkyl halides is 3. The van der Waals surface area contributed by atoms with Gasteiger partial charge in [-0.2, -0.15) is 18.4 Å². The van der Waals surface area contributed by atoms with Crippen molar-refractivity contribution in [1.29, 1.82) is 5.26 Å². The van der Waals surface area contributed by atoms with Crippen LogP contribution in [0.1, 0.15) is 65.0 Å². The summed E-state index contributed by atoms with van der Waals surface area (Å²) in [6.45, 7) is 2.25. The topological polar surface area (TPSA) is 105 Å². The van der Waals surface area contributed by atoms with Crippen molar-refractivity contribution < 1.29 is 22.7 Å². The Morgan fingerprint density at radius 1 is 1.28 bits per heavy atom. The van der Waals surface area contributed by atoms with E-state index >= 15 is 0 Å². The van der Waals surface area contributed by atoms with Crippen LogP contribution in [0.25, 0.3) is 10.9 Å². The number of carbonyl (C=O) groups excluding carboxylic acids is 1. The Bertz CT molecular complexity index is 1370. The van der Waals surface area contributed by atoms with E-state index in [1.807, 2.05) is 6.92 Å². The lowest BCUT2D eigenvalue weighted by Crippen LogP contribution is -2.41. The molecule has 1 aliphatic carbocycles. The van der Waals surface area contributed by atoms with Crippen LogP contribution in [0.15, 0.2) is 36.5 Å². The van der Waals surface area contributed by atoms with Crippen molar-refractivity contribution in [3.8, 4) is 6.07 Å². The smallest absolute Gasteiger partial charge is 0.383 e. The third kappa shape index (κ3) is 4.24. The van der Waals surface area contributed by atoms with Gasteiger partial charge in [0.25, 0.3) is 5.91 Å². The molecule has 0 spiro atoms. The molecule has 1 aromatic carbocycles. The van der Waals surface area contributed by atoms with Crippen molar-refractivity contribution in [2.24, 2.45) is 5.92 Å². The van der Waals surface area contributed by atoms with Gasteiger partial charge in [-0.15, -0.1) is 0 Å². The van der Waals surface area contributed by atoms with E-state index in [0.29, 0.717) is 42.0 Å². The number of hydrogen-bond acceptors (Lipinski definition) is 6. The van der Waals surface area contributed by atoms with Gasteiger partial charge in [-0.3, -0.25) is 9.78 Å². The molecule has 5 rings (SSSR count). The number of anilines is 1. The van der Waals surface area contributed by atoms with Crippen LogP contribution in [0.5, 0.6) is 0 Å². The summed E-state index contributed by atoms with van der Waals surface area (Å²) in [7, 11) is 0. The number of nitrogens with two attached hydrogens (primary N) is 1. The quantitative estimate of drug-likeness (QED) is 0.536. The van der Waals surface area contributed by atoms with Crippen LogP contribution >= 0.6 is 0 Å². The first-order valence-electron chi connectivity index (χ1n) is 11.7. The third-order valence-corrected chi connectivity index (χ3v) is 7.09. The van der Waals surface area contributed by atoms with Crippen LogP contribution < -0.4 is 5.73 Å². The first-order valence-corrected chi connectivity index (χ1v) is 11.7. The molecule has 1 amide bonds. The fourth-order valence-electron chi connectivity index (χ4n) is 5.23. The van der Waals surface area contributed by atoms with Crippen LogP contribution in [0, 0.1) is 17.2 Å². The molecule has 0 unspecified atom stereocenters. The number of carbonyl (C=O) groups is 1. The summed E-state index contributed by atoms with van der Waals surface area (Å²) in [6.07, 6.45) is -1.84. The van der Waals surface area contributed by atoms with Gasteiger partial charge in [0.1, 0.15) is 5.82 Å². The Labute approximate surface area is 205 Å². The number of pyridine rings is 2. The minimum absolute atomic E-state index is 0.00387. The van der Waals surface area contributed by atoms with Gasteiger partial charge in [-0.05, 0) is 62.1 Å². The van der Waals surface area contributed by atoms with E-state index in [-0.39, 0.29) is 30.5 Å². The van der Waals surface area contributed by atoms with Crippen LogP contribution in [0.2, 0.25) is 0 Å². The van der Waals surface area contributed by atoms with E-state index < -0.39 is 11.7 Å². The van der Waals surface area contributed by atoms with Crippen molar-refractivity contribution in [2.45, 2.75) is 57.7 Å². The minimum atomic E-state index is -4.50. The molecule has 1 aliphatic heterocycles. The first-order chi connectivity index (χ1) is 17.2. The second-order valence-corrected chi connectivity index (χ2v) is 9.28. The molecule has 0 bridgehead atoms. The number of hydrogen-bond donors (Lipinski definition) is 1. The highest BCUT2D eigenvalue weighted by Gasteiger charge is 2.36. The fourth-order valence-corrected chi connectivity index (χ4v) is 5.23. The van der Waals surface area contributed by atoms with E-state index in [1.165, 1.54) is 6.07 Å². The molecule has 36 heavy (non-hydrogen) atoms. The largest absolute Gasteiger partial charge is 0.417 e. The number of ether oxygens (including phenoxy) is 1. The van der Waals surface area contributed by atoms with Crippen LogP contribution in [0.3, 0.4) is 0 Å². The predicted octanol–water partition coefficient (Wildman–Crippen LogP) is 5.16. The van der Waals surface area contributed by atoms with Gasteiger partial charge >= 0.3 is 6.18 Å². The number of nitrogens with zero attached hydrogens (tertiary/aromatic N) is 4. The van der Waals surface area contributed by atoms with Crippen molar-refractivity contribution >= 4 is 22.6 Å². The number of fused-ring (bicyclic) bond motifs is 3. The molecule has 1 fully saturated rings. The summed E-state index contributed by atoms with van der Waals surface area (Å²) in [5.41, 5.74) is 8.35. The maximum Gasteiger partial charge on any atom is 0.417 e. The van der Waals surface area contributed by atoms with Gasteiger partial charge in [0.2, 0.25) is 0 Å². The zero-order valence-corrected chi connectivity index (χ0v) is 19.5. The Balaban J connectivity index is 1.52. The SMILES string of the molecule is C[C@H]1OCc2c1c(N)nc1ccc(C(=O)N(Cc3ccc(C(F)(F)F)cn3)[C@H]3CCC[C@@H]3C#N)cc21. The maximum atomic E-state index is 13.8. The number of aromatic nitrogens is 2. The number of nitrogen functional groups attached to an aromatic ring is 1. The lowest BCUT2D eigenvalue weighted by atomic mass is 9.98. The summed E-state index contributed by atoms with van der Waals surface area (Å²) in [4.78, 5) is 23.8. The van der Waals surface area contributed by atoms with E-state index in [4.69, 9.17) is 10.5 Å². The van der Waals surface area contributed by atoms with Crippen LogP contribution in [-0.4, -0.2) is 26.8 Å². The number of nitriles is 1. The Kier molecular flexibility index (Phi) is 6.04. The van der Waals surface area contributed by atoms with Gasteiger partial charge in [0.05, 0.1) is 48.0 Å². The molecular weight excluding hydrogens is 471 g/mol. The van der Waals surface area contributed by atoms with Gasteiger partial charge in [0.15, 0.2) is 0 Å². The highest BCUT2D eigenvalue weighted by atomic mass is 19.4. The van der Waals surface area contributed by atoms with Gasteiger partial charge in [0, 0.05) is 28.8 Å². The molecule has 0 radical (unpaired) electrons. The monoisotopic (exact) mass is 495 g/mol. The lowest BCUT2D eigenvalue weighted by molar-refractivity contribution is -0.137. The number of rotatable bonds is 4. The molecule has 10 heteroatoms. The van der Waals surface area contributed by atoms with Crippen molar-refractivity contribution in [2.75, 3.05) is 5.73 Å². The zero-order chi connectivity index (χ0) is 25.6. The molecule has 3 heterocycles. The minimum Gasteiger partial charge on any atom is -0.383 e. The summed E-state index contributed by atoms with van der Waals surface area (Å²) in [6, 6.07) is 9.30. The van der Waals surface area contributed by atoms with E-state index in [9.17, 15) is 23.2 Å². The highest BCUT2D eigenvalue weighted by molar-refractivity contribution is 5.99. The average molecular weight is 496 g/mol. The molecule has 2 aromatic heterocycles. The average Bonchev–Trinajstić information content (AvgIpc) is 3.49. The second-order valence-electron chi connectivity index (χ2n) is 9.28. The predicted molar refractivity (Wildman–Crippen MR) is 125 cm³/mol. The zero-order valence-electron chi connectivity index (χ0n) is 19.5. The van der Waals surface area contributed by atoms with Crippen molar-refractivity contribution in [3.05, 3.63) is 64.5 Å². The fraction of sp³-hybridized carbons (Fsp3) is 0.385. The molecule has 0 saturated heterocycles. The molecule has 1 saturated carbocycles. The number of amides is 1. The summed E-state index contributed by atoms with van der Waals surface area (Å²) >= 11 is 0. The molecular formula is C26H24F3N5O2. The highest BCUT2D eigenvalue weighted by Crippen LogP contribution is 2.39.